The molecule has 1 aliphatic heterocycles. The van der Waals surface area contributed by atoms with Crippen molar-refractivity contribution >= 4 is 40.7 Å². The first-order valence-corrected chi connectivity index (χ1v) is 10.4. The van der Waals surface area contributed by atoms with E-state index in [0.717, 1.165) is 5.56 Å². The number of rotatable bonds is 6. The SMILES string of the molecule is CC1Oc2ccc(C(N)C(=O)OC(C)(C)CCc3ccc(Cl)cc3Cl)cc2N=C1N. The second-order valence-corrected chi connectivity index (χ2v) is 8.76. The number of halogens is 2. The second-order valence-electron chi connectivity index (χ2n) is 7.92. The van der Waals surface area contributed by atoms with Crippen molar-refractivity contribution in [3.05, 3.63) is 57.6 Å². The van der Waals surface area contributed by atoms with Crippen molar-refractivity contribution in [3.8, 4) is 5.75 Å². The monoisotopic (exact) mass is 449 g/mol. The number of amidine groups is 1. The smallest absolute Gasteiger partial charge is 0.328 e. The summed E-state index contributed by atoms with van der Waals surface area (Å²) in [6.07, 6.45) is 0.911. The van der Waals surface area contributed by atoms with Gasteiger partial charge >= 0.3 is 5.97 Å². The van der Waals surface area contributed by atoms with Gasteiger partial charge in [0.1, 0.15) is 28.9 Å². The number of aliphatic imine (C=N–C) groups is 1. The second kappa shape index (κ2) is 8.84. The molecule has 0 spiro atoms. The highest BCUT2D eigenvalue weighted by atomic mass is 35.5. The Bertz CT molecular complexity index is 992. The van der Waals surface area contributed by atoms with E-state index < -0.39 is 17.6 Å². The van der Waals surface area contributed by atoms with Gasteiger partial charge in [0.2, 0.25) is 0 Å². The molecule has 0 saturated carbocycles. The molecular weight excluding hydrogens is 425 g/mol. The van der Waals surface area contributed by atoms with Gasteiger partial charge in [-0.1, -0.05) is 35.3 Å². The Morgan fingerprint density at radius 1 is 1.27 bits per heavy atom. The molecule has 8 heteroatoms. The molecule has 30 heavy (non-hydrogen) atoms. The summed E-state index contributed by atoms with van der Waals surface area (Å²) < 4.78 is 11.4. The minimum atomic E-state index is -0.954. The summed E-state index contributed by atoms with van der Waals surface area (Å²) in [6.45, 7) is 5.50. The molecule has 0 aromatic heterocycles. The molecule has 1 aliphatic rings. The van der Waals surface area contributed by atoms with Gasteiger partial charge < -0.3 is 20.9 Å². The van der Waals surface area contributed by atoms with Gasteiger partial charge in [-0.2, -0.15) is 0 Å². The molecular formula is C22H25Cl2N3O3. The number of carbonyl (C=O) groups is 1. The summed E-state index contributed by atoms with van der Waals surface area (Å²) in [6, 6.07) is 9.56. The number of carbonyl (C=O) groups excluding carboxylic acids is 1. The van der Waals surface area contributed by atoms with Crippen LogP contribution < -0.4 is 16.2 Å². The van der Waals surface area contributed by atoms with E-state index in [9.17, 15) is 4.79 Å². The van der Waals surface area contributed by atoms with Crippen LogP contribution in [0.25, 0.3) is 0 Å². The van der Waals surface area contributed by atoms with Gasteiger partial charge in [0.25, 0.3) is 0 Å². The van der Waals surface area contributed by atoms with Crippen molar-refractivity contribution in [2.75, 3.05) is 0 Å². The molecule has 0 amide bonds. The van der Waals surface area contributed by atoms with Crippen LogP contribution in [0.3, 0.4) is 0 Å². The highest BCUT2D eigenvalue weighted by molar-refractivity contribution is 6.35. The van der Waals surface area contributed by atoms with Crippen LogP contribution >= 0.6 is 23.2 Å². The Morgan fingerprint density at radius 2 is 2.00 bits per heavy atom. The van der Waals surface area contributed by atoms with Gasteiger partial charge in [-0.25, -0.2) is 9.79 Å². The van der Waals surface area contributed by atoms with Gasteiger partial charge in [0.15, 0.2) is 6.10 Å². The fourth-order valence-electron chi connectivity index (χ4n) is 3.08. The fourth-order valence-corrected chi connectivity index (χ4v) is 3.58. The number of nitrogens with two attached hydrogens (primary N) is 2. The number of fused-ring (bicyclic) bond motifs is 1. The quantitative estimate of drug-likeness (QED) is 0.621. The third-order valence-corrected chi connectivity index (χ3v) is 5.54. The van der Waals surface area contributed by atoms with Crippen LogP contribution in [0.2, 0.25) is 10.0 Å². The molecule has 0 saturated heterocycles. The van der Waals surface area contributed by atoms with E-state index in [0.29, 0.717) is 45.7 Å². The van der Waals surface area contributed by atoms with Crippen LogP contribution in [0.4, 0.5) is 5.69 Å². The number of hydrogen-bond acceptors (Lipinski definition) is 6. The molecule has 1 heterocycles. The molecule has 0 bridgehead atoms. The molecule has 0 radical (unpaired) electrons. The largest absolute Gasteiger partial charge is 0.481 e. The number of esters is 1. The van der Waals surface area contributed by atoms with Gasteiger partial charge in [-0.05, 0) is 69.0 Å². The van der Waals surface area contributed by atoms with Gasteiger partial charge in [0.05, 0.1) is 0 Å². The summed E-state index contributed by atoms with van der Waals surface area (Å²) in [5.74, 6) is 0.447. The average molecular weight is 450 g/mol. The Morgan fingerprint density at radius 3 is 2.70 bits per heavy atom. The Kier molecular flexibility index (Phi) is 6.60. The molecule has 2 unspecified atom stereocenters. The third-order valence-electron chi connectivity index (χ3n) is 4.95. The van der Waals surface area contributed by atoms with Crippen molar-refractivity contribution in [2.45, 2.75) is 51.4 Å². The summed E-state index contributed by atoms with van der Waals surface area (Å²) in [5.41, 5.74) is 13.3. The van der Waals surface area contributed by atoms with Crippen LogP contribution in [0, 0.1) is 0 Å². The zero-order valence-electron chi connectivity index (χ0n) is 17.1. The first kappa shape index (κ1) is 22.4. The Labute approximate surface area is 186 Å². The zero-order chi connectivity index (χ0) is 22.1. The molecule has 2 atom stereocenters. The lowest BCUT2D eigenvalue weighted by Crippen LogP contribution is -2.34. The maximum Gasteiger partial charge on any atom is 0.328 e. The third kappa shape index (κ3) is 5.25. The fraction of sp³-hybridized carbons (Fsp3) is 0.364. The van der Waals surface area contributed by atoms with Crippen molar-refractivity contribution < 1.29 is 14.3 Å². The van der Waals surface area contributed by atoms with Crippen LogP contribution in [0.15, 0.2) is 41.4 Å². The standard InChI is InChI=1S/C22H25Cl2N3O3/c1-12-20(26)27-17-10-14(5-7-18(17)29-12)19(25)21(28)30-22(2,3)9-8-13-4-6-15(23)11-16(13)24/h4-7,10-12,19H,8-9,25H2,1-3H3,(H2,26,27). The average Bonchev–Trinajstić information content (AvgIpc) is 2.67. The Balaban J connectivity index is 1.65. The predicted molar refractivity (Wildman–Crippen MR) is 120 cm³/mol. The molecule has 6 nitrogen and oxygen atoms in total. The van der Waals surface area contributed by atoms with Crippen molar-refractivity contribution in [1.82, 2.24) is 0 Å². The van der Waals surface area contributed by atoms with E-state index in [1.165, 1.54) is 0 Å². The van der Waals surface area contributed by atoms with E-state index in [2.05, 4.69) is 4.99 Å². The molecule has 160 valence electrons. The lowest BCUT2D eigenvalue weighted by atomic mass is 9.98. The van der Waals surface area contributed by atoms with Gasteiger partial charge in [0, 0.05) is 10.0 Å². The van der Waals surface area contributed by atoms with E-state index in [1.807, 2.05) is 26.8 Å². The summed E-state index contributed by atoms with van der Waals surface area (Å²) in [7, 11) is 0. The molecule has 2 aromatic carbocycles. The first-order valence-electron chi connectivity index (χ1n) is 9.63. The first-order chi connectivity index (χ1) is 14.1. The normalized spacial score (nSPS) is 16.9. The van der Waals surface area contributed by atoms with E-state index in [-0.39, 0.29) is 6.10 Å². The van der Waals surface area contributed by atoms with Crippen LogP contribution in [0.5, 0.6) is 5.75 Å². The van der Waals surface area contributed by atoms with E-state index in [4.69, 9.17) is 44.1 Å². The summed E-state index contributed by atoms with van der Waals surface area (Å²) >= 11 is 12.2. The Hall–Kier alpha value is -2.28. The predicted octanol–water partition coefficient (Wildman–Crippen LogP) is 4.72. The molecule has 0 fully saturated rings. The highest BCUT2D eigenvalue weighted by Crippen LogP contribution is 2.34. The topological polar surface area (TPSA) is 99.9 Å². The van der Waals surface area contributed by atoms with Crippen LogP contribution in [-0.4, -0.2) is 23.5 Å². The maximum absolute atomic E-state index is 12.7. The van der Waals surface area contributed by atoms with Crippen molar-refractivity contribution in [2.24, 2.45) is 16.5 Å². The lowest BCUT2D eigenvalue weighted by molar-refractivity contribution is -0.158. The van der Waals surface area contributed by atoms with Crippen molar-refractivity contribution in [3.63, 3.8) is 0 Å². The number of ether oxygens (including phenoxy) is 2. The zero-order valence-corrected chi connectivity index (χ0v) is 18.6. The van der Waals surface area contributed by atoms with E-state index >= 15 is 0 Å². The maximum atomic E-state index is 12.7. The van der Waals surface area contributed by atoms with Crippen molar-refractivity contribution in [1.29, 1.82) is 0 Å². The number of benzene rings is 2. The van der Waals surface area contributed by atoms with E-state index in [1.54, 1.807) is 30.3 Å². The lowest BCUT2D eigenvalue weighted by Gasteiger charge is -2.27. The van der Waals surface area contributed by atoms with Gasteiger partial charge in [-0.15, -0.1) is 0 Å². The molecule has 2 aromatic rings. The van der Waals surface area contributed by atoms with Crippen LogP contribution in [0.1, 0.15) is 44.4 Å². The number of aryl methyl sites for hydroxylation is 1. The number of nitrogens with zero attached hydrogens (tertiary/aromatic N) is 1. The molecule has 3 rings (SSSR count). The van der Waals surface area contributed by atoms with Crippen LogP contribution in [-0.2, 0) is 16.0 Å². The molecule has 0 aliphatic carbocycles. The summed E-state index contributed by atoms with van der Waals surface area (Å²) in [4.78, 5) is 17.0. The number of hydrogen-bond donors (Lipinski definition) is 2. The minimum Gasteiger partial charge on any atom is -0.481 e. The molecule has 4 N–H and O–H groups in total. The minimum absolute atomic E-state index is 0.295. The highest BCUT2D eigenvalue weighted by Gasteiger charge is 2.28. The van der Waals surface area contributed by atoms with Gasteiger partial charge in [-0.3, -0.25) is 0 Å². The summed E-state index contributed by atoms with van der Waals surface area (Å²) in [5, 5.41) is 1.17.